The molecule has 1 heterocycles. The number of rotatable bonds is 8. The van der Waals surface area contributed by atoms with Gasteiger partial charge in [0.1, 0.15) is 4.90 Å². The molecule has 0 spiro atoms. The Bertz CT molecular complexity index is 1900. The van der Waals surface area contributed by atoms with Crippen molar-refractivity contribution in [3.63, 3.8) is 0 Å². The third-order valence-electron chi connectivity index (χ3n) is 9.37. The third-order valence-corrected chi connectivity index (χ3v) is 10.9. The molecule has 2 aliphatic carbocycles. The Morgan fingerprint density at radius 2 is 1.40 bits per heavy atom. The standard InChI is InChI=1S/C39H42ClNO6S/c1-7-46-33-18-26(17-28(40)37(33)47-48(44,45)27-15-13-24(2)14-16-27)34-35-29(19-38(3,4)21-31(35)42)41(23-25-11-9-8-10-12-25)30-20-39(5,6)22-32(43)36(30)34/h8-18,34H,7,19-23H2,1-6H3. The number of ether oxygens (including phenoxy) is 1. The van der Waals surface area contributed by atoms with E-state index in [1.54, 1.807) is 31.2 Å². The van der Waals surface area contributed by atoms with Gasteiger partial charge < -0.3 is 13.8 Å². The van der Waals surface area contributed by atoms with Crippen LogP contribution >= 0.6 is 11.6 Å². The first-order valence-corrected chi connectivity index (χ1v) is 18.2. The maximum absolute atomic E-state index is 14.3. The fourth-order valence-corrected chi connectivity index (χ4v) is 8.56. The Labute approximate surface area is 288 Å². The molecule has 1 aliphatic heterocycles. The summed E-state index contributed by atoms with van der Waals surface area (Å²) >= 11 is 6.88. The van der Waals surface area contributed by atoms with E-state index in [4.69, 9.17) is 20.5 Å². The summed E-state index contributed by atoms with van der Waals surface area (Å²) in [6.45, 7) is 12.8. The molecule has 0 fully saturated rings. The van der Waals surface area contributed by atoms with Gasteiger partial charge in [-0.1, -0.05) is 87.3 Å². The van der Waals surface area contributed by atoms with Crippen molar-refractivity contribution in [2.75, 3.05) is 6.61 Å². The molecular weight excluding hydrogens is 646 g/mol. The second kappa shape index (κ2) is 12.5. The van der Waals surface area contributed by atoms with Crippen LogP contribution in [0.25, 0.3) is 0 Å². The van der Waals surface area contributed by atoms with Gasteiger partial charge in [0.25, 0.3) is 0 Å². The molecule has 3 aromatic carbocycles. The highest BCUT2D eigenvalue weighted by Crippen LogP contribution is 2.56. The molecule has 7 nitrogen and oxygen atoms in total. The highest BCUT2D eigenvalue weighted by atomic mass is 35.5. The van der Waals surface area contributed by atoms with Gasteiger partial charge in [0.2, 0.25) is 5.75 Å². The van der Waals surface area contributed by atoms with E-state index >= 15 is 0 Å². The predicted octanol–water partition coefficient (Wildman–Crippen LogP) is 8.70. The normalized spacial score (nSPS) is 19.3. The van der Waals surface area contributed by atoms with Gasteiger partial charge in [0, 0.05) is 47.8 Å². The highest BCUT2D eigenvalue weighted by Gasteiger charge is 2.49. The lowest BCUT2D eigenvalue weighted by Gasteiger charge is -2.49. The van der Waals surface area contributed by atoms with Crippen molar-refractivity contribution in [2.45, 2.75) is 84.6 Å². The minimum Gasteiger partial charge on any atom is -0.490 e. The average Bonchev–Trinajstić information content (AvgIpc) is 2.99. The summed E-state index contributed by atoms with van der Waals surface area (Å²) in [6.07, 6.45) is 1.99. The van der Waals surface area contributed by atoms with Gasteiger partial charge in [0.05, 0.1) is 11.6 Å². The van der Waals surface area contributed by atoms with E-state index in [1.807, 2.05) is 25.1 Å². The van der Waals surface area contributed by atoms with Crippen molar-refractivity contribution in [2.24, 2.45) is 10.8 Å². The Morgan fingerprint density at radius 1 is 0.833 bits per heavy atom. The number of hydrogen-bond donors (Lipinski definition) is 0. The Kier molecular flexibility index (Phi) is 8.88. The molecule has 0 radical (unpaired) electrons. The molecule has 3 aromatic rings. The topological polar surface area (TPSA) is 90.0 Å². The Morgan fingerprint density at radius 3 is 1.94 bits per heavy atom. The quantitative estimate of drug-likeness (QED) is 0.219. The lowest BCUT2D eigenvalue weighted by molar-refractivity contribution is -0.119. The maximum atomic E-state index is 14.3. The smallest absolute Gasteiger partial charge is 0.339 e. The Hall–Kier alpha value is -3.88. The average molecular weight is 688 g/mol. The van der Waals surface area contributed by atoms with E-state index in [0.717, 1.165) is 22.5 Å². The van der Waals surface area contributed by atoms with Crippen molar-refractivity contribution >= 4 is 33.3 Å². The molecule has 0 bridgehead atoms. The molecule has 0 amide bonds. The van der Waals surface area contributed by atoms with Crippen LogP contribution in [0, 0.1) is 17.8 Å². The van der Waals surface area contributed by atoms with Crippen molar-refractivity contribution in [1.29, 1.82) is 0 Å². The number of aryl methyl sites for hydroxylation is 1. The molecule has 48 heavy (non-hydrogen) atoms. The molecule has 9 heteroatoms. The number of nitrogens with zero attached hydrogens (tertiary/aromatic N) is 1. The minimum atomic E-state index is -4.25. The third kappa shape index (κ3) is 6.57. The minimum absolute atomic E-state index is 0.00910. The summed E-state index contributed by atoms with van der Waals surface area (Å²) in [4.78, 5) is 30.8. The summed E-state index contributed by atoms with van der Waals surface area (Å²) in [5.41, 5.74) is 5.05. The van der Waals surface area contributed by atoms with E-state index in [1.165, 1.54) is 12.1 Å². The number of Topliss-reactive ketones (excluding diaryl/α,β-unsaturated/α-hetero) is 2. The molecule has 0 saturated heterocycles. The van der Waals surface area contributed by atoms with Gasteiger partial charge in [0.15, 0.2) is 17.3 Å². The number of carbonyl (C=O) groups excluding carboxylic acids is 2. The van der Waals surface area contributed by atoms with Gasteiger partial charge in [-0.05, 0) is 72.9 Å². The summed E-state index contributed by atoms with van der Waals surface area (Å²) in [5, 5.41) is 0.00910. The molecule has 0 aromatic heterocycles. The van der Waals surface area contributed by atoms with E-state index < -0.39 is 16.0 Å². The number of ketones is 2. The van der Waals surface area contributed by atoms with Gasteiger partial charge in [-0.25, -0.2) is 0 Å². The molecular formula is C39H42ClNO6S. The summed E-state index contributed by atoms with van der Waals surface area (Å²) < 4.78 is 38.2. The second-order valence-corrected chi connectivity index (χ2v) is 16.7. The fourth-order valence-electron chi connectivity index (χ4n) is 7.30. The van der Waals surface area contributed by atoms with E-state index in [-0.39, 0.29) is 50.4 Å². The van der Waals surface area contributed by atoms with Crippen LogP contribution in [0.2, 0.25) is 5.02 Å². The Balaban J connectivity index is 1.54. The number of allylic oxidation sites excluding steroid dienone is 4. The molecule has 3 aliphatic rings. The zero-order chi connectivity index (χ0) is 34.6. The van der Waals surface area contributed by atoms with Crippen LogP contribution in [0.15, 0.2) is 94.2 Å². The largest absolute Gasteiger partial charge is 0.490 e. The number of hydrogen-bond acceptors (Lipinski definition) is 7. The van der Waals surface area contributed by atoms with Crippen LogP contribution < -0.4 is 8.92 Å². The monoisotopic (exact) mass is 687 g/mol. The van der Waals surface area contributed by atoms with Gasteiger partial charge in [-0.3, -0.25) is 9.59 Å². The van der Waals surface area contributed by atoms with Crippen molar-refractivity contribution in [1.82, 2.24) is 4.90 Å². The summed E-state index contributed by atoms with van der Waals surface area (Å²) in [7, 11) is -4.25. The van der Waals surface area contributed by atoms with E-state index in [2.05, 4.69) is 44.7 Å². The molecule has 0 unspecified atom stereocenters. The van der Waals surface area contributed by atoms with Crippen LogP contribution in [0.3, 0.4) is 0 Å². The van der Waals surface area contributed by atoms with E-state index in [0.29, 0.717) is 48.9 Å². The van der Waals surface area contributed by atoms with Crippen LogP contribution in [0.4, 0.5) is 0 Å². The van der Waals surface area contributed by atoms with Crippen LogP contribution in [-0.4, -0.2) is 31.5 Å². The predicted molar refractivity (Wildman–Crippen MR) is 186 cm³/mol. The first-order chi connectivity index (χ1) is 22.6. The summed E-state index contributed by atoms with van der Waals surface area (Å²) in [5.74, 6) is -0.720. The maximum Gasteiger partial charge on any atom is 0.339 e. The number of carbonyl (C=O) groups is 2. The molecule has 252 valence electrons. The van der Waals surface area contributed by atoms with Gasteiger partial charge >= 0.3 is 10.1 Å². The number of halogens is 1. The zero-order valence-corrected chi connectivity index (χ0v) is 29.9. The fraction of sp³-hybridized carbons (Fsp3) is 0.385. The summed E-state index contributed by atoms with van der Waals surface area (Å²) in [6, 6.07) is 19.7. The van der Waals surface area contributed by atoms with Crippen molar-refractivity contribution in [3.8, 4) is 11.5 Å². The lowest BCUT2D eigenvalue weighted by Crippen LogP contribution is -2.44. The van der Waals surface area contributed by atoms with Gasteiger partial charge in [-0.2, -0.15) is 8.42 Å². The lowest BCUT2D eigenvalue weighted by atomic mass is 9.63. The molecule has 0 N–H and O–H groups in total. The second-order valence-electron chi connectivity index (χ2n) is 14.7. The molecule has 0 atom stereocenters. The van der Waals surface area contributed by atoms with Gasteiger partial charge in [-0.15, -0.1) is 0 Å². The van der Waals surface area contributed by atoms with Crippen molar-refractivity contribution < 1.29 is 26.9 Å². The van der Waals surface area contributed by atoms with Crippen molar-refractivity contribution in [3.05, 3.63) is 111 Å². The zero-order valence-electron chi connectivity index (χ0n) is 28.4. The SMILES string of the molecule is CCOc1cc(C2C3=C(CC(C)(C)CC3=O)N(Cc3ccccc3)C3=C2C(=O)CC(C)(C)C3)cc(Cl)c1OS(=O)(=O)c1ccc(C)cc1. The molecule has 0 saturated carbocycles. The highest BCUT2D eigenvalue weighted by molar-refractivity contribution is 7.87. The van der Waals surface area contributed by atoms with Crippen LogP contribution in [0.1, 0.15) is 82.9 Å². The first-order valence-electron chi connectivity index (χ1n) is 16.4. The molecule has 6 rings (SSSR count). The van der Waals surface area contributed by atoms with Crippen LogP contribution in [-0.2, 0) is 26.3 Å². The van der Waals surface area contributed by atoms with E-state index in [9.17, 15) is 18.0 Å². The van der Waals surface area contributed by atoms with Crippen LogP contribution in [0.5, 0.6) is 11.5 Å². The first kappa shape index (κ1) is 34.0. The number of benzene rings is 3.